The molecule has 5 heteroatoms. The van der Waals surface area contributed by atoms with Crippen LogP contribution in [0.4, 0.5) is 0 Å². The number of ether oxygens (including phenoxy) is 1. The smallest absolute Gasteiger partial charge is 0.146 e. The molecule has 0 saturated carbocycles. The number of aldehydes is 2. The summed E-state index contributed by atoms with van der Waals surface area (Å²) in [6, 6.07) is 6.65. The summed E-state index contributed by atoms with van der Waals surface area (Å²) in [5.41, 5.74) is 2.25. The predicted octanol–water partition coefficient (Wildman–Crippen LogP) is 2.26. The Labute approximate surface area is 140 Å². The van der Waals surface area contributed by atoms with Gasteiger partial charge in [-0.1, -0.05) is 18.7 Å². The van der Waals surface area contributed by atoms with Gasteiger partial charge in [0.05, 0.1) is 19.5 Å². The Hall–Kier alpha value is -2.66. The first-order valence-electron chi connectivity index (χ1n) is 7.60. The van der Waals surface area contributed by atoms with Crippen molar-refractivity contribution in [2.45, 2.75) is 6.42 Å². The molecule has 0 fully saturated rings. The summed E-state index contributed by atoms with van der Waals surface area (Å²) >= 11 is 0. The molecule has 0 radical (unpaired) electrons. The van der Waals surface area contributed by atoms with Crippen LogP contribution in [0.1, 0.15) is 12.0 Å². The lowest BCUT2D eigenvalue weighted by molar-refractivity contribution is -0.105. The zero-order valence-corrected chi connectivity index (χ0v) is 13.2. The first-order chi connectivity index (χ1) is 11.6. The van der Waals surface area contributed by atoms with Crippen molar-refractivity contribution >= 4 is 18.6 Å². The van der Waals surface area contributed by atoms with Gasteiger partial charge in [-0.15, -0.1) is 0 Å². The molecule has 5 nitrogen and oxygen atoms in total. The van der Waals surface area contributed by atoms with Gasteiger partial charge in [0.1, 0.15) is 18.3 Å². The molecule has 0 aliphatic heterocycles. The number of allylic oxidation sites excluding steroid dienone is 2. The SMILES string of the molecule is C=C(C=O)[C@H]1C[C@H](CO/C=C/c2ccc(O)cc2)C(CO)=C1C=O. The van der Waals surface area contributed by atoms with E-state index in [4.69, 9.17) is 4.74 Å². The van der Waals surface area contributed by atoms with E-state index in [1.807, 2.05) is 0 Å². The Balaban J connectivity index is 2.00. The Morgan fingerprint density at radius 3 is 2.58 bits per heavy atom. The highest BCUT2D eigenvalue weighted by Crippen LogP contribution is 2.39. The van der Waals surface area contributed by atoms with Crippen molar-refractivity contribution in [1.29, 1.82) is 0 Å². The molecule has 0 amide bonds. The van der Waals surface area contributed by atoms with E-state index in [1.165, 1.54) is 6.26 Å². The number of benzene rings is 1. The van der Waals surface area contributed by atoms with Crippen molar-refractivity contribution in [1.82, 2.24) is 0 Å². The number of aliphatic hydroxyl groups is 1. The van der Waals surface area contributed by atoms with Gasteiger partial charge in [0.15, 0.2) is 0 Å². The third-order valence-corrected chi connectivity index (χ3v) is 4.20. The van der Waals surface area contributed by atoms with Crippen LogP contribution in [0.3, 0.4) is 0 Å². The van der Waals surface area contributed by atoms with Gasteiger partial charge in [0.25, 0.3) is 0 Å². The van der Waals surface area contributed by atoms with Crippen LogP contribution >= 0.6 is 0 Å². The number of phenolic OH excluding ortho intramolecular Hbond substituents is 1. The molecule has 1 aliphatic rings. The van der Waals surface area contributed by atoms with Gasteiger partial charge in [-0.3, -0.25) is 9.59 Å². The highest BCUT2D eigenvalue weighted by Gasteiger charge is 2.34. The highest BCUT2D eigenvalue weighted by molar-refractivity contribution is 5.83. The van der Waals surface area contributed by atoms with Crippen molar-refractivity contribution in [3.8, 4) is 5.75 Å². The minimum Gasteiger partial charge on any atom is -0.508 e. The number of hydrogen-bond acceptors (Lipinski definition) is 5. The molecule has 0 heterocycles. The predicted molar refractivity (Wildman–Crippen MR) is 90.1 cm³/mol. The third kappa shape index (κ3) is 4.00. The van der Waals surface area contributed by atoms with Crippen molar-refractivity contribution < 1.29 is 24.5 Å². The van der Waals surface area contributed by atoms with Gasteiger partial charge in [-0.05, 0) is 41.3 Å². The van der Waals surface area contributed by atoms with Gasteiger partial charge < -0.3 is 14.9 Å². The van der Waals surface area contributed by atoms with E-state index in [0.717, 1.165) is 5.56 Å². The first-order valence-corrected chi connectivity index (χ1v) is 7.60. The van der Waals surface area contributed by atoms with Crippen LogP contribution in [0.15, 0.2) is 53.8 Å². The van der Waals surface area contributed by atoms with Gasteiger partial charge in [-0.2, -0.15) is 0 Å². The molecular weight excluding hydrogens is 308 g/mol. The molecule has 2 N–H and O–H groups in total. The molecule has 2 rings (SSSR count). The van der Waals surface area contributed by atoms with Crippen LogP contribution in [0.25, 0.3) is 6.08 Å². The molecule has 0 saturated heterocycles. The molecule has 24 heavy (non-hydrogen) atoms. The lowest BCUT2D eigenvalue weighted by Gasteiger charge is -2.13. The van der Waals surface area contributed by atoms with Crippen LogP contribution in [0.5, 0.6) is 5.75 Å². The zero-order chi connectivity index (χ0) is 17.5. The summed E-state index contributed by atoms with van der Waals surface area (Å²) in [7, 11) is 0. The standard InChI is InChI=1S/C19H20O5/c1-13(9-20)17-8-15(18(10-21)19(17)11-22)12-24-7-6-14-2-4-16(23)5-3-14/h2-7,9,11,15,17,21,23H,1,8,10,12H2/b7-6+/t15-,17-/m1/s1. The maximum absolute atomic E-state index is 11.3. The molecule has 126 valence electrons. The minimum absolute atomic E-state index is 0.138. The molecule has 0 unspecified atom stereocenters. The monoisotopic (exact) mass is 328 g/mol. The van der Waals surface area contributed by atoms with E-state index in [9.17, 15) is 19.8 Å². The van der Waals surface area contributed by atoms with Crippen LogP contribution < -0.4 is 0 Å². The fourth-order valence-corrected chi connectivity index (χ4v) is 2.88. The van der Waals surface area contributed by atoms with Crippen molar-refractivity contribution in [2.24, 2.45) is 11.8 Å². The largest absolute Gasteiger partial charge is 0.508 e. The van der Waals surface area contributed by atoms with Gasteiger partial charge in [0, 0.05) is 17.4 Å². The lowest BCUT2D eigenvalue weighted by atomic mass is 9.93. The maximum atomic E-state index is 11.3. The Bertz CT molecular complexity index is 670. The van der Waals surface area contributed by atoms with E-state index in [2.05, 4.69) is 6.58 Å². The molecule has 0 bridgehead atoms. The number of carbonyl (C=O) groups is 2. The molecule has 0 aromatic heterocycles. The first kappa shape index (κ1) is 17.7. The van der Waals surface area contributed by atoms with Crippen LogP contribution in [0, 0.1) is 11.8 Å². The summed E-state index contributed by atoms with van der Waals surface area (Å²) in [6.07, 6.45) is 5.14. The van der Waals surface area contributed by atoms with Crippen LogP contribution in [-0.2, 0) is 14.3 Å². The van der Waals surface area contributed by atoms with Gasteiger partial charge in [-0.25, -0.2) is 0 Å². The second-order valence-electron chi connectivity index (χ2n) is 5.66. The normalized spacial score (nSPS) is 20.4. The summed E-state index contributed by atoms with van der Waals surface area (Å²) in [5.74, 6) is -0.294. The fourth-order valence-electron chi connectivity index (χ4n) is 2.88. The Morgan fingerprint density at radius 2 is 2.00 bits per heavy atom. The molecule has 1 aliphatic carbocycles. The van der Waals surface area contributed by atoms with E-state index in [-0.39, 0.29) is 24.2 Å². The number of hydrogen-bond donors (Lipinski definition) is 2. The number of carbonyl (C=O) groups excluding carboxylic acids is 2. The zero-order valence-electron chi connectivity index (χ0n) is 13.2. The minimum atomic E-state index is -0.350. The highest BCUT2D eigenvalue weighted by atomic mass is 16.5. The summed E-state index contributed by atoms with van der Waals surface area (Å²) in [5, 5.41) is 18.8. The number of rotatable bonds is 8. The Morgan fingerprint density at radius 1 is 1.29 bits per heavy atom. The molecule has 2 atom stereocenters. The van der Waals surface area contributed by atoms with Gasteiger partial charge >= 0.3 is 0 Å². The fraction of sp³-hybridized carbons (Fsp3) is 0.263. The van der Waals surface area contributed by atoms with Crippen molar-refractivity contribution in [3.63, 3.8) is 0 Å². The quantitative estimate of drug-likeness (QED) is 0.434. The van der Waals surface area contributed by atoms with Gasteiger partial charge in [0.2, 0.25) is 0 Å². The molecule has 0 spiro atoms. The average molecular weight is 328 g/mol. The number of aliphatic hydroxyl groups excluding tert-OH is 1. The summed E-state index contributed by atoms with van der Waals surface area (Å²) < 4.78 is 5.52. The molecule has 1 aromatic carbocycles. The average Bonchev–Trinajstić information content (AvgIpc) is 2.97. The second-order valence-corrected chi connectivity index (χ2v) is 5.66. The van der Waals surface area contributed by atoms with E-state index in [1.54, 1.807) is 30.3 Å². The van der Waals surface area contributed by atoms with E-state index >= 15 is 0 Å². The van der Waals surface area contributed by atoms with Crippen LogP contribution in [-0.4, -0.2) is 36.0 Å². The molecule has 1 aromatic rings. The Kier molecular flexibility index (Phi) is 6.09. The van der Waals surface area contributed by atoms with Crippen molar-refractivity contribution in [2.75, 3.05) is 13.2 Å². The van der Waals surface area contributed by atoms with Crippen molar-refractivity contribution in [3.05, 3.63) is 59.4 Å². The third-order valence-electron chi connectivity index (χ3n) is 4.20. The summed E-state index contributed by atoms with van der Waals surface area (Å²) in [4.78, 5) is 22.2. The summed E-state index contributed by atoms with van der Waals surface area (Å²) in [6.45, 7) is 3.73. The molecular formula is C19H20O5. The van der Waals surface area contributed by atoms with E-state index < -0.39 is 0 Å². The second kappa shape index (κ2) is 8.26. The topological polar surface area (TPSA) is 83.8 Å². The van der Waals surface area contributed by atoms with E-state index in [0.29, 0.717) is 42.3 Å². The van der Waals surface area contributed by atoms with Crippen LogP contribution in [0.2, 0.25) is 0 Å². The maximum Gasteiger partial charge on any atom is 0.146 e. The number of phenols is 1. The lowest BCUT2D eigenvalue weighted by Crippen LogP contribution is -2.11. The number of aromatic hydroxyl groups is 1.